The normalized spacial score (nSPS) is 21.1. The number of hydrogen-bond acceptors (Lipinski definition) is 6. The Bertz CT molecular complexity index is 1050. The van der Waals surface area contributed by atoms with Crippen LogP contribution in [0.2, 0.25) is 0 Å². The highest BCUT2D eigenvalue weighted by Crippen LogP contribution is 2.30. The second-order valence-electron chi connectivity index (χ2n) is 8.19. The van der Waals surface area contributed by atoms with E-state index in [0.29, 0.717) is 17.6 Å². The van der Waals surface area contributed by atoms with E-state index < -0.39 is 18.0 Å². The minimum atomic E-state index is -0.593. The first-order valence-electron chi connectivity index (χ1n) is 11.1. The molecule has 1 aliphatic rings. The number of benzene rings is 1. The number of aromatic nitrogens is 2. The van der Waals surface area contributed by atoms with Crippen molar-refractivity contribution >= 4 is 11.1 Å². The third kappa shape index (κ3) is 4.99. The Morgan fingerprint density at radius 3 is 2.68 bits per heavy atom. The molecular formula is C24H30N2O5. The summed E-state index contributed by atoms with van der Waals surface area (Å²) in [6, 6.07) is 9.59. The van der Waals surface area contributed by atoms with Gasteiger partial charge in [-0.1, -0.05) is 32.6 Å². The van der Waals surface area contributed by atoms with Gasteiger partial charge in [0.15, 0.2) is 0 Å². The molecule has 4 rings (SSSR count). The summed E-state index contributed by atoms with van der Waals surface area (Å²) in [6.45, 7) is 4.72. The average molecular weight is 427 g/mol. The van der Waals surface area contributed by atoms with Gasteiger partial charge in [0.2, 0.25) is 5.71 Å². The molecule has 2 aromatic heterocycles. The zero-order valence-corrected chi connectivity index (χ0v) is 18.1. The highest BCUT2D eigenvalue weighted by Gasteiger charge is 2.32. The van der Waals surface area contributed by atoms with Gasteiger partial charge >= 0.3 is 5.69 Å². The van der Waals surface area contributed by atoms with Gasteiger partial charge in [0.05, 0.1) is 24.2 Å². The van der Waals surface area contributed by atoms with Gasteiger partial charge in [0.25, 0.3) is 0 Å². The zero-order valence-electron chi connectivity index (χ0n) is 18.1. The van der Waals surface area contributed by atoms with Crippen LogP contribution in [0.4, 0.5) is 0 Å². The number of ether oxygens (including phenoxy) is 2. The largest absolute Gasteiger partial charge is 0.494 e. The molecule has 3 aromatic rings. The van der Waals surface area contributed by atoms with Crippen molar-refractivity contribution in [1.82, 2.24) is 9.55 Å². The molecule has 166 valence electrons. The molecule has 0 saturated carbocycles. The molecule has 3 atom stereocenters. The van der Waals surface area contributed by atoms with Crippen molar-refractivity contribution < 1.29 is 19.0 Å². The van der Waals surface area contributed by atoms with Crippen LogP contribution >= 0.6 is 0 Å². The molecule has 0 amide bonds. The molecule has 1 saturated heterocycles. The predicted octanol–water partition coefficient (Wildman–Crippen LogP) is 4.67. The Morgan fingerprint density at radius 1 is 1.19 bits per heavy atom. The number of rotatable bonds is 9. The molecule has 31 heavy (non-hydrogen) atoms. The summed E-state index contributed by atoms with van der Waals surface area (Å²) in [4.78, 5) is 16.5. The molecule has 0 aliphatic carbocycles. The molecule has 0 bridgehead atoms. The fourth-order valence-corrected chi connectivity index (χ4v) is 3.86. The Kier molecular flexibility index (Phi) is 6.73. The highest BCUT2D eigenvalue weighted by molar-refractivity contribution is 5.79. The van der Waals surface area contributed by atoms with Crippen molar-refractivity contribution in [3.63, 3.8) is 0 Å². The number of unbranched alkanes of at least 4 members (excludes halogenated alkanes) is 4. The lowest BCUT2D eigenvalue weighted by molar-refractivity contribution is -0.00984. The molecule has 0 spiro atoms. The first-order chi connectivity index (χ1) is 15.0. The van der Waals surface area contributed by atoms with Crippen LogP contribution in [0.15, 0.2) is 45.7 Å². The smallest absolute Gasteiger partial charge is 0.353 e. The SMILES string of the molecule is CCCCCCCOc1ccc(-c2cc3cn([C@H]4C[C@H](O)C(C)O4)c(=O)nc3o2)cc1. The Balaban J connectivity index is 1.44. The zero-order chi connectivity index (χ0) is 21.8. The van der Waals surface area contributed by atoms with Crippen LogP contribution in [0, 0.1) is 0 Å². The van der Waals surface area contributed by atoms with Crippen LogP contribution in [0.25, 0.3) is 22.4 Å². The molecule has 0 radical (unpaired) electrons. The summed E-state index contributed by atoms with van der Waals surface area (Å²) in [5.74, 6) is 1.46. The van der Waals surface area contributed by atoms with Crippen molar-refractivity contribution in [2.24, 2.45) is 0 Å². The standard InChI is InChI=1S/C24H30N2O5/c1-3-4-5-6-7-12-29-19-10-8-17(9-11-19)21-13-18-15-26(24(28)25-23(18)31-21)22-14-20(27)16(2)30-22/h8-11,13,15-16,20,22,27H,3-7,12,14H2,1-2H3/t16?,20-,22+/m0/s1. The lowest BCUT2D eigenvalue weighted by Crippen LogP contribution is -2.26. The molecule has 1 fully saturated rings. The molecule has 1 aromatic carbocycles. The van der Waals surface area contributed by atoms with Gasteiger partial charge in [0.1, 0.15) is 17.7 Å². The summed E-state index contributed by atoms with van der Waals surface area (Å²) in [5, 5.41) is 10.6. The van der Waals surface area contributed by atoms with E-state index in [9.17, 15) is 9.90 Å². The number of fused-ring (bicyclic) bond motifs is 1. The Hall–Kier alpha value is -2.64. The number of nitrogens with zero attached hydrogens (tertiary/aromatic N) is 2. The lowest BCUT2D eigenvalue weighted by Gasteiger charge is -2.12. The van der Waals surface area contributed by atoms with Crippen LogP contribution in [-0.2, 0) is 4.74 Å². The van der Waals surface area contributed by atoms with Crippen LogP contribution < -0.4 is 10.4 Å². The molecule has 7 heteroatoms. The minimum absolute atomic E-state index is 0.287. The second kappa shape index (κ2) is 9.66. The van der Waals surface area contributed by atoms with Gasteiger partial charge in [-0.25, -0.2) is 4.79 Å². The van der Waals surface area contributed by atoms with Crippen molar-refractivity contribution in [3.05, 3.63) is 47.0 Å². The van der Waals surface area contributed by atoms with Gasteiger partial charge in [-0.3, -0.25) is 4.57 Å². The quantitative estimate of drug-likeness (QED) is 0.500. The molecule has 1 aliphatic heterocycles. The van der Waals surface area contributed by atoms with Crippen molar-refractivity contribution in [3.8, 4) is 17.1 Å². The maximum atomic E-state index is 12.4. The Labute approximate surface area is 181 Å². The summed E-state index contributed by atoms with van der Waals surface area (Å²) >= 11 is 0. The first kappa shape index (κ1) is 21.6. The van der Waals surface area contributed by atoms with E-state index in [2.05, 4.69) is 11.9 Å². The van der Waals surface area contributed by atoms with Crippen LogP contribution in [0.1, 0.15) is 58.6 Å². The summed E-state index contributed by atoms with van der Waals surface area (Å²) < 4.78 is 18.7. The second-order valence-corrected chi connectivity index (χ2v) is 8.19. The average Bonchev–Trinajstić information content (AvgIpc) is 3.32. The van der Waals surface area contributed by atoms with E-state index in [1.165, 1.54) is 30.3 Å². The first-order valence-corrected chi connectivity index (χ1v) is 11.1. The topological polar surface area (TPSA) is 86.7 Å². The fourth-order valence-electron chi connectivity index (χ4n) is 3.86. The van der Waals surface area contributed by atoms with Crippen LogP contribution in [0.5, 0.6) is 5.75 Å². The van der Waals surface area contributed by atoms with E-state index in [0.717, 1.165) is 24.3 Å². The lowest BCUT2D eigenvalue weighted by atomic mass is 10.1. The third-order valence-electron chi connectivity index (χ3n) is 5.76. The molecule has 3 heterocycles. The molecule has 1 unspecified atom stereocenters. The third-order valence-corrected chi connectivity index (χ3v) is 5.76. The van der Waals surface area contributed by atoms with E-state index >= 15 is 0 Å². The minimum Gasteiger partial charge on any atom is -0.494 e. The number of aliphatic hydroxyl groups excluding tert-OH is 1. The van der Waals surface area contributed by atoms with Gasteiger partial charge in [-0.2, -0.15) is 4.98 Å². The number of aliphatic hydroxyl groups is 1. The number of furan rings is 1. The van der Waals surface area contributed by atoms with E-state index in [-0.39, 0.29) is 11.8 Å². The molecule has 7 nitrogen and oxygen atoms in total. The van der Waals surface area contributed by atoms with Gasteiger partial charge in [-0.05, 0) is 43.7 Å². The van der Waals surface area contributed by atoms with Crippen molar-refractivity contribution in [2.45, 2.75) is 70.8 Å². The van der Waals surface area contributed by atoms with Crippen LogP contribution in [0.3, 0.4) is 0 Å². The Morgan fingerprint density at radius 2 is 1.97 bits per heavy atom. The molecule has 1 N–H and O–H groups in total. The van der Waals surface area contributed by atoms with Crippen molar-refractivity contribution in [1.29, 1.82) is 0 Å². The highest BCUT2D eigenvalue weighted by atomic mass is 16.5. The van der Waals surface area contributed by atoms with E-state index in [4.69, 9.17) is 13.9 Å². The van der Waals surface area contributed by atoms with Crippen LogP contribution in [-0.4, -0.2) is 33.5 Å². The van der Waals surface area contributed by atoms with E-state index in [1.54, 1.807) is 13.1 Å². The molecular weight excluding hydrogens is 396 g/mol. The summed E-state index contributed by atoms with van der Waals surface area (Å²) in [6.07, 6.45) is 6.66. The van der Waals surface area contributed by atoms with Gasteiger partial charge in [-0.15, -0.1) is 0 Å². The maximum Gasteiger partial charge on any atom is 0.353 e. The van der Waals surface area contributed by atoms with Gasteiger partial charge < -0.3 is 19.0 Å². The fraction of sp³-hybridized carbons (Fsp3) is 0.500. The van der Waals surface area contributed by atoms with Gasteiger partial charge in [0, 0.05) is 18.2 Å². The van der Waals surface area contributed by atoms with Crippen molar-refractivity contribution in [2.75, 3.05) is 6.61 Å². The summed E-state index contributed by atoms with van der Waals surface area (Å²) in [5.41, 5.74) is 0.714. The predicted molar refractivity (Wildman–Crippen MR) is 118 cm³/mol. The van der Waals surface area contributed by atoms with E-state index in [1.807, 2.05) is 30.3 Å². The summed E-state index contributed by atoms with van der Waals surface area (Å²) in [7, 11) is 0. The number of hydrogen-bond donors (Lipinski definition) is 1. The maximum absolute atomic E-state index is 12.4. The monoisotopic (exact) mass is 426 g/mol.